The molecule has 0 fully saturated rings. The van der Waals surface area contributed by atoms with Crippen molar-refractivity contribution in [2.45, 2.75) is 26.4 Å². The van der Waals surface area contributed by atoms with Crippen LogP contribution in [0.5, 0.6) is 0 Å². The quantitative estimate of drug-likeness (QED) is 0.689. The molecule has 4 rings (SSSR count). The maximum absolute atomic E-state index is 13.2. The van der Waals surface area contributed by atoms with E-state index in [4.69, 9.17) is 4.74 Å². The second-order valence-corrected chi connectivity index (χ2v) is 7.75. The number of benzene rings is 2. The molecule has 0 spiro atoms. The highest BCUT2D eigenvalue weighted by Crippen LogP contribution is 2.43. The second-order valence-electron chi connectivity index (χ2n) is 7.75. The molecule has 29 heavy (non-hydrogen) atoms. The maximum Gasteiger partial charge on any atom is 0.319 e. The van der Waals surface area contributed by atoms with Crippen LogP contribution in [0, 0.1) is 5.41 Å². The zero-order valence-electron chi connectivity index (χ0n) is 17.0. The fourth-order valence-electron chi connectivity index (χ4n) is 4.36. The van der Waals surface area contributed by atoms with Crippen LogP contribution in [-0.2, 0) is 22.6 Å². The number of hydrogen-bond donors (Lipinski definition) is 0. The first kappa shape index (κ1) is 19.5. The topological polar surface area (TPSA) is 32.8 Å². The number of carbonyl (C=O) groups is 1. The fraction of sp³-hybridized carbons (Fsp3) is 0.320. The van der Waals surface area contributed by atoms with Gasteiger partial charge in [0.1, 0.15) is 5.41 Å². The lowest BCUT2D eigenvalue weighted by Crippen LogP contribution is -2.52. The largest absolute Gasteiger partial charge is 0.465 e. The Bertz CT molecular complexity index is 892. The lowest BCUT2D eigenvalue weighted by molar-refractivity contribution is -0.156. The zero-order valence-corrected chi connectivity index (χ0v) is 17.0. The molecule has 4 heteroatoms. The van der Waals surface area contributed by atoms with Gasteiger partial charge in [-0.1, -0.05) is 66.7 Å². The van der Waals surface area contributed by atoms with Crippen LogP contribution in [0.2, 0.25) is 0 Å². The standard InChI is InChI=1S/C25H28N2O2/c1-2-29-24(28)25-15-9-16-27(19-22-12-7-4-8-13-22)23(25)14-17-26(20-25)18-21-10-5-3-6-11-21/h3-14,16H,2,15,17-20H2,1H3. The lowest BCUT2D eigenvalue weighted by Gasteiger charge is -2.46. The summed E-state index contributed by atoms with van der Waals surface area (Å²) in [6.45, 7) is 5.35. The first-order chi connectivity index (χ1) is 14.2. The number of esters is 1. The predicted octanol–water partition coefficient (Wildman–Crippen LogP) is 4.36. The summed E-state index contributed by atoms with van der Waals surface area (Å²) in [5.74, 6) is -0.119. The molecule has 4 nitrogen and oxygen atoms in total. The molecule has 0 radical (unpaired) electrons. The molecule has 0 amide bonds. The highest BCUT2D eigenvalue weighted by atomic mass is 16.5. The summed E-state index contributed by atoms with van der Waals surface area (Å²) in [5, 5.41) is 0. The van der Waals surface area contributed by atoms with Crippen molar-refractivity contribution in [2.75, 3.05) is 19.7 Å². The molecule has 2 heterocycles. The van der Waals surface area contributed by atoms with Gasteiger partial charge in [0.2, 0.25) is 0 Å². The van der Waals surface area contributed by atoms with E-state index >= 15 is 0 Å². The van der Waals surface area contributed by atoms with Crippen molar-refractivity contribution >= 4 is 5.97 Å². The number of hydrogen-bond acceptors (Lipinski definition) is 4. The van der Waals surface area contributed by atoms with Gasteiger partial charge in [0.25, 0.3) is 0 Å². The summed E-state index contributed by atoms with van der Waals surface area (Å²) in [6.07, 6.45) is 7.12. The Morgan fingerprint density at radius 1 is 1.00 bits per heavy atom. The Hall–Kier alpha value is -2.85. The van der Waals surface area contributed by atoms with E-state index < -0.39 is 5.41 Å². The molecule has 0 bridgehead atoms. The molecule has 1 atom stereocenters. The van der Waals surface area contributed by atoms with Crippen molar-refractivity contribution in [3.8, 4) is 0 Å². The van der Waals surface area contributed by atoms with Crippen molar-refractivity contribution in [3.05, 3.63) is 95.8 Å². The molecule has 2 aliphatic rings. The number of fused-ring (bicyclic) bond motifs is 1. The average Bonchev–Trinajstić information content (AvgIpc) is 2.75. The van der Waals surface area contributed by atoms with Gasteiger partial charge in [-0.15, -0.1) is 0 Å². The zero-order chi connectivity index (χ0) is 20.1. The van der Waals surface area contributed by atoms with Gasteiger partial charge >= 0.3 is 5.97 Å². The fourth-order valence-corrected chi connectivity index (χ4v) is 4.36. The molecule has 0 aliphatic carbocycles. The van der Waals surface area contributed by atoms with Crippen molar-refractivity contribution in [1.29, 1.82) is 0 Å². The van der Waals surface area contributed by atoms with Crippen LogP contribution in [-0.4, -0.2) is 35.5 Å². The predicted molar refractivity (Wildman–Crippen MR) is 115 cm³/mol. The maximum atomic E-state index is 13.2. The second kappa shape index (κ2) is 8.66. The van der Waals surface area contributed by atoms with E-state index in [9.17, 15) is 4.79 Å². The van der Waals surface area contributed by atoms with Crippen molar-refractivity contribution in [2.24, 2.45) is 5.41 Å². The first-order valence-electron chi connectivity index (χ1n) is 10.3. The Kier molecular flexibility index (Phi) is 5.81. The molecule has 150 valence electrons. The molecule has 0 aromatic heterocycles. The highest BCUT2D eigenvalue weighted by molar-refractivity contribution is 5.82. The Morgan fingerprint density at radius 3 is 2.31 bits per heavy atom. The van der Waals surface area contributed by atoms with E-state index in [0.29, 0.717) is 19.6 Å². The number of carbonyl (C=O) groups excluding carboxylic acids is 1. The Morgan fingerprint density at radius 2 is 1.66 bits per heavy atom. The van der Waals surface area contributed by atoms with Crippen molar-refractivity contribution < 1.29 is 9.53 Å². The number of ether oxygens (including phenoxy) is 1. The minimum Gasteiger partial charge on any atom is -0.465 e. The van der Waals surface area contributed by atoms with Crippen LogP contribution in [0.25, 0.3) is 0 Å². The van der Waals surface area contributed by atoms with Gasteiger partial charge in [-0.25, -0.2) is 0 Å². The molecule has 0 N–H and O–H groups in total. The first-order valence-corrected chi connectivity index (χ1v) is 10.3. The van der Waals surface area contributed by atoms with E-state index in [-0.39, 0.29) is 5.97 Å². The SMILES string of the molecule is CCOC(=O)C12CC=CN(Cc3ccccc3)C1=CCN(Cc1ccccc1)C2. The van der Waals surface area contributed by atoms with Gasteiger partial charge in [0.05, 0.1) is 6.61 Å². The molecule has 0 saturated carbocycles. The minimum absolute atomic E-state index is 0.119. The normalized spacial score (nSPS) is 21.4. The van der Waals surface area contributed by atoms with Crippen LogP contribution in [0.3, 0.4) is 0 Å². The van der Waals surface area contributed by atoms with Gasteiger partial charge in [0, 0.05) is 38.1 Å². The summed E-state index contributed by atoms with van der Waals surface area (Å²) in [4.78, 5) is 17.8. The smallest absolute Gasteiger partial charge is 0.319 e. The molecule has 1 unspecified atom stereocenters. The molecular weight excluding hydrogens is 360 g/mol. The third-order valence-corrected chi connectivity index (χ3v) is 5.70. The third kappa shape index (κ3) is 4.13. The van der Waals surface area contributed by atoms with E-state index in [0.717, 1.165) is 25.3 Å². The van der Waals surface area contributed by atoms with Crippen LogP contribution >= 0.6 is 0 Å². The van der Waals surface area contributed by atoms with E-state index in [1.807, 2.05) is 19.1 Å². The van der Waals surface area contributed by atoms with Gasteiger partial charge < -0.3 is 9.64 Å². The van der Waals surface area contributed by atoms with E-state index in [2.05, 4.69) is 76.7 Å². The number of nitrogens with zero attached hydrogens (tertiary/aromatic N) is 2. The van der Waals surface area contributed by atoms with Crippen molar-refractivity contribution in [1.82, 2.24) is 9.80 Å². The highest BCUT2D eigenvalue weighted by Gasteiger charge is 2.49. The summed E-state index contributed by atoms with van der Waals surface area (Å²) in [7, 11) is 0. The van der Waals surface area contributed by atoms with Crippen LogP contribution in [0.1, 0.15) is 24.5 Å². The summed E-state index contributed by atoms with van der Waals surface area (Å²) in [5.41, 5.74) is 2.92. The average molecular weight is 389 g/mol. The molecule has 2 aromatic rings. The Balaban J connectivity index is 1.62. The van der Waals surface area contributed by atoms with E-state index in [1.54, 1.807) is 0 Å². The molecule has 0 saturated heterocycles. The number of rotatable bonds is 6. The Labute approximate surface area is 173 Å². The van der Waals surface area contributed by atoms with Gasteiger partial charge in [-0.2, -0.15) is 0 Å². The number of allylic oxidation sites excluding steroid dienone is 1. The molecule has 2 aliphatic heterocycles. The lowest BCUT2D eigenvalue weighted by atomic mass is 9.75. The van der Waals surface area contributed by atoms with E-state index in [1.165, 1.54) is 11.1 Å². The molecule has 2 aromatic carbocycles. The van der Waals surface area contributed by atoms with Gasteiger partial charge in [0.15, 0.2) is 0 Å². The monoisotopic (exact) mass is 388 g/mol. The minimum atomic E-state index is -0.646. The summed E-state index contributed by atoms with van der Waals surface area (Å²) < 4.78 is 5.57. The van der Waals surface area contributed by atoms with Crippen molar-refractivity contribution in [3.63, 3.8) is 0 Å². The van der Waals surface area contributed by atoms with Crippen LogP contribution in [0.15, 0.2) is 84.7 Å². The summed E-state index contributed by atoms with van der Waals surface area (Å²) in [6, 6.07) is 20.8. The third-order valence-electron chi connectivity index (χ3n) is 5.70. The van der Waals surface area contributed by atoms with Gasteiger partial charge in [-0.3, -0.25) is 9.69 Å². The summed E-state index contributed by atoms with van der Waals surface area (Å²) >= 11 is 0. The van der Waals surface area contributed by atoms with Crippen LogP contribution in [0.4, 0.5) is 0 Å². The molecular formula is C25H28N2O2. The van der Waals surface area contributed by atoms with Crippen LogP contribution < -0.4 is 0 Å². The van der Waals surface area contributed by atoms with Gasteiger partial charge in [-0.05, 0) is 30.5 Å².